The minimum absolute atomic E-state index is 0.102. The quantitative estimate of drug-likeness (QED) is 0.147. The Balaban J connectivity index is 0.945. The molecule has 0 saturated heterocycles. The van der Waals surface area contributed by atoms with Gasteiger partial charge in [0.05, 0.1) is 11.1 Å². The zero-order chi connectivity index (χ0) is 46.1. The molecule has 13 rings (SSSR count). The topological polar surface area (TPSA) is 3.24 Å². The number of fused-ring (bicyclic) bond motifs is 7. The molecule has 11 aromatic carbocycles. The van der Waals surface area contributed by atoms with Crippen molar-refractivity contribution in [3.63, 3.8) is 0 Å². The second-order valence-corrected chi connectivity index (χ2v) is 19.2. The number of nitrogens with zero attached hydrogens (tertiary/aromatic N) is 1. The van der Waals surface area contributed by atoms with Crippen LogP contribution in [0, 0.1) is 0 Å². The van der Waals surface area contributed by atoms with E-state index in [2.05, 4.69) is 280 Å². The summed E-state index contributed by atoms with van der Waals surface area (Å²) in [7, 11) is 0. The van der Waals surface area contributed by atoms with Crippen LogP contribution in [0.4, 0.5) is 17.1 Å². The summed E-state index contributed by atoms with van der Waals surface area (Å²) < 4.78 is 0. The van der Waals surface area contributed by atoms with Gasteiger partial charge in [-0.3, -0.25) is 0 Å². The molecule has 11 aromatic rings. The van der Waals surface area contributed by atoms with E-state index in [1.165, 1.54) is 99.8 Å². The third-order valence-corrected chi connectivity index (χ3v) is 15.2. The summed E-state index contributed by atoms with van der Waals surface area (Å²) >= 11 is 0. The fraction of sp³-hybridized carbons (Fsp3) is 0.0588. The molecule has 2 aliphatic rings. The summed E-state index contributed by atoms with van der Waals surface area (Å²) in [5.74, 6) is 0. The first-order valence-electron chi connectivity index (χ1n) is 24.2. The summed E-state index contributed by atoms with van der Waals surface area (Å²) in [5.41, 5.74) is 23.2. The van der Waals surface area contributed by atoms with Crippen molar-refractivity contribution >= 4 is 27.8 Å². The predicted molar refractivity (Wildman–Crippen MR) is 290 cm³/mol. The zero-order valence-corrected chi connectivity index (χ0v) is 38.8. The fourth-order valence-corrected chi connectivity index (χ4v) is 11.9. The van der Waals surface area contributed by atoms with Crippen LogP contribution in [-0.2, 0) is 10.8 Å². The second-order valence-electron chi connectivity index (χ2n) is 19.2. The average Bonchev–Trinajstić information content (AvgIpc) is 3.85. The lowest BCUT2D eigenvalue weighted by Gasteiger charge is -2.33. The normalized spacial score (nSPS) is 13.6. The molecule has 0 heterocycles. The lowest BCUT2D eigenvalue weighted by Crippen LogP contribution is -2.28. The molecule has 0 N–H and O–H groups in total. The van der Waals surface area contributed by atoms with Gasteiger partial charge in [0.15, 0.2) is 0 Å². The van der Waals surface area contributed by atoms with Gasteiger partial charge in [-0.25, -0.2) is 0 Å². The molecule has 0 radical (unpaired) electrons. The van der Waals surface area contributed by atoms with Crippen LogP contribution in [0.1, 0.15) is 47.2 Å². The van der Waals surface area contributed by atoms with Crippen LogP contribution in [0.2, 0.25) is 0 Å². The third kappa shape index (κ3) is 6.38. The Kier molecular flexibility index (Phi) is 9.49. The van der Waals surface area contributed by atoms with Crippen molar-refractivity contribution in [2.75, 3.05) is 4.90 Å². The first-order valence-corrected chi connectivity index (χ1v) is 24.2. The number of hydrogen-bond acceptors (Lipinski definition) is 1. The number of benzene rings is 11. The van der Waals surface area contributed by atoms with Crippen LogP contribution in [0.5, 0.6) is 0 Å². The molecule has 0 amide bonds. The van der Waals surface area contributed by atoms with Gasteiger partial charge in [0, 0.05) is 22.4 Å². The van der Waals surface area contributed by atoms with E-state index in [1.807, 2.05) is 0 Å². The first-order chi connectivity index (χ1) is 34.0. The minimum atomic E-state index is -0.425. The van der Waals surface area contributed by atoms with Crippen molar-refractivity contribution < 1.29 is 0 Å². The molecule has 0 unspecified atom stereocenters. The van der Waals surface area contributed by atoms with E-state index >= 15 is 0 Å². The van der Waals surface area contributed by atoms with Crippen molar-refractivity contribution in [2.45, 2.75) is 24.7 Å². The van der Waals surface area contributed by atoms with Gasteiger partial charge in [-0.05, 0) is 137 Å². The van der Waals surface area contributed by atoms with Crippen LogP contribution >= 0.6 is 0 Å². The first kappa shape index (κ1) is 40.7. The van der Waals surface area contributed by atoms with E-state index in [4.69, 9.17) is 0 Å². The standard InChI is InChI=1S/C68H49N/c1-67(2)61-28-14-12-26-59(61)66-58(27-17-30-64(66)67)57-25-13-16-31-65(57)69(54-39-34-47(35-40-54)50-33-32-46-18-9-10-19-49(46)44-50)55-41-36-48(37-42-55)51-38-43-63-60(45-51)56-24-11-15-29-62(56)68(63,52-20-5-3-6-21-52)53-22-7-4-8-23-53/h3-45H,1-2H3. The minimum Gasteiger partial charge on any atom is -0.310 e. The van der Waals surface area contributed by atoms with Gasteiger partial charge in [0.1, 0.15) is 0 Å². The van der Waals surface area contributed by atoms with Gasteiger partial charge in [-0.1, -0.05) is 232 Å². The molecule has 326 valence electrons. The summed E-state index contributed by atoms with van der Waals surface area (Å²) in [4.78, 5) is 2.45. The molecule has 1 nitrogen and oxygen atoms in total. The number of rotatable bonds is 8. The Labute approximate surface area is 405 Å². The van der Waals surface area contributed by atoms with Gasteiger partial charge in [0.2, 0.25) is 0 Å². The number of para-hydroxylation sites is 1. The molecule has 1 heteroatoms. The maximum Gasteiger partial charge on any atom is 0.0713 e. The molecular weight excluding hydrogens is 831 g/mol. The molecule has 0 fully saturated rings. The van der Waals surface area contributed by atoms with Crippen LogP contribution in [0.25, 0.3) is 66.4 Å². The summed E-state index contributed by atoms with van der Waals surface area (Å²) in [6.45, 7) is 4.72. The molecule has 0 aliphatic heterocycles. The molecule has 0 aromatic heterocycles. The van der Waals surface area contributed by atoms with E-state index in [1.54, 1.807) is 0 Å². The Morgan fingerprint density at radius 2 is 0.768 bits per heavy atom. The molecule has 0 spiro atoms. The summed E-state index contributed by atoms with van der Waals surface area (Å²) in [6, 6.07) is 96.7. The van der Waals surface area contributed by atoms with E-state index < -0.39 is 5.41 Å². The highest BCUT2D eigenvalue weighted by Gasteiger charge is 2.46. The molecule has 2 aliphatic carbocycles. The van der Waals surface area contributed by atoms with E-state index in [0.29, 0.717) is 0 Å². The largest absolute Gasteiger partial charge is 0.310 e. The zero-order valence-electron chi connectivity index (χ0n) is 38.8. The average molecular weight is 880 g/mol. The van der Waals surface area contributed by atoms with Crippen LogP contribution in [0.3, 0.4) is 0 Å². The van der Waals surface area contributed by atoms with Crippen LogP contribution in [0.15, 0.2) is 261 Å². The van der Waals surface area contributed by atoms with Gasteiger partial charge in [0.25, 0.3) is 0 Å². The van der Waals surface area contributed by atoms with Gasteiger partial charge in [-0.2, -0.15) is 0 Å². The van der Waals surface area contributed by atoms with Crippen LogP contribution in [-0.4, -0.2) is 0 Å². The monoisotopic (exact) mass is 879 g/mol. The third-order valence-electron chi connectivity index (χ3n) is 15.2. The van der Waals surface area contributed by atoms with Crippen molar-refractivity contribution in [3.05, 3.63) is 294 Å². The highest BCUT2D eigenvalue weighted by molar-refractivity contribution is 5.99. The lowest BCUT2D eigenvalue weighted by molar-refractivity contribution is 0.660. The van der Waals surface area contributed by atoms with E-state index in [9.17, 15) is 0 Å². The number of anilines is 3. The van der Waals surface area contributed by atoms with Crippen LogP contribution < -0.4 is 4.90 Å². The predicted octanol–water partition coefficient (Wildman–Crippen LogP) is 18.0. The molecule has 0 saturated carbocycles. The van der Waals surface area contributed by atoms with Crippen molar-refractivity contribution in [1.82, 2.24) is 0 Å². The maximum absolute atomic E-state index is 2.45. The maximum atomic E-state index is 2.45. The molecule has 0 atom stereocenters. The summed E-state index contributed by atoms with van der Waals surface area (Å²) in [5, 5.41) is 2.49. The van der Waals surface area contributed by atoms with Crippen molar-refractivity contribution in [1.29, 1.82) is 0 Å². The smallest absolute Gasteiger partial charge is 0.0713 e. The Morgan fingerprint density at radius 3 is 1.45 bits per heavy atom. The number of hydrogen-bond donors (Lipinski definition) is 0. The van der Waals surface area contributed by atoms with Gasteiger partial charge >= 0.3 is 0 Å². The SMILES string of the molecule is CC1(C)c2ccccc2-c2c(-c3ccccc3N(c3ccc(-c4ccc5c(c4)-c4ccccc4C5(c4ccccc4)c4ccccc4)cc3)c3ccc(-c4ccc5ccccc5c4)cc3)cccc21. The van der Waals surface area contributed by atoms with Crippen molar-refractivity contribution in [2.24, 2.45) is 0 Å². The van der Waals surface area contributed by atoms with E-state index in [-0.39, 0.29) is 5.41 Å². The highest BCUT2D eigenvalue weighted by Crippen LogP contribution is 2.57. The molecular formula is C68H49N. The Hall–Kier alpha value is -8.52. The lowest BCUT2D eigenvalue weighted by atomic mass is 9.67. The fourth-order valence-electron chi connectivity index (χ4n) is 11.9. The van der Waals surface area contributed by atoms with Gasteiger partial charge in [-0.15, -0.1) is 0 Å². The van der Waals surface area contributed by atoms with Gasteiger partial charge < -0.3 is 4.90 Å². The summed E-state index contributed by atoms with van der Waals surface area (Å²) in [6.07, 6.45) is 0. The highest BCUT2D eigenvalue weighted by atomic mass is 15.1. The second kappa shape index (κ2) is 16.1. The molecule has 69 heavy (non-hydrogen) atoms. The molecule has 0 bridgehead atoms. The Bertz CT molecular complexity index is 3690. The van der Waals surface area contributed by atoms with E-state index in [0.717, 1.165) is 17.1 Å². The Morgan fingerprint density at radius 1 is 0.290 bits per heavy atom. The van der Waals surface area contributed by atoms with Crippen molar-refractivity contribution in [3.8, 4) is 55.6 Å².